The Labute approximate surface area is 325 Å². The maximum Gasteiger partial charge on any atom is 0.238 e. The lowest BCUT2D eigenvalue weighted by atomic mass is 9.99. The van der Waals surface area contributed by atoms with E-state index >= 15 is 0 Å². The minimum Gasteiger partial charge on any atom is -0.456 e. The molecule has 0 aliphatic carbocycles. The van der Waals surface area contributed by atoms with Crippen LogP contribution in [0, 0.1) is 0 Å². The van der Waals surface area contributed by atoms with Crippen molar-refractivity contribution in [1.29, 1.82) is 0 Å². The zero-order chi connectivity index (χ0) is 37.5. The molecule has 0 amide bonds. The number of hydrogen-bond acceptors (Lipinski definition) is 5. The first-order valence-electron chi connectivity index (χ1n) is 19.0. The molecule has 0 atom stereocenters. The third-order valence-corrected chi connectivity index (χ3v) is 11.1. The highest BCUT2D eigenvalue weighted by atomic mass is 16.3. The third kappa shape index (κ3) is 4.87. The summed E-state index contributed by atoms with van der Waals surface area (Å²) in [7, 11) is 0. The lowest BCUT2D eigenvalue weighted by Gasteiger charge is -2.13. The maximum absolute atomic E-state index is 6.68. The number of rotatable bonds is 5. The van der Waals surface area contributed by atoms with E-state index in [4.69, 9.17) is 23.8 Å². The molecule has 0 bridgehead atoms. The average Bonchev–Trinajstić information content (AvgIpc) is 3.96. The van der Waals surface area contributed by atoms with Gasteiger partial charge >= 0.3 is 0 Å². The molecule has 0 radical (unpaired) electrons. The summed E-state index contributed by atoms with van der Waals surface area (Å²) in [4.78, 5) is 15.9. The molecule has 4 aromatic heterocycles. The average molecular weight is 731 g/mol. The summed E-state index contributed by atoms with van der Waals surface area (Å²) in [5, 5.41) is 6.36. The van der Waals surface area contributed by atoms with Crippen LogP contribution in [0.15, 0.2) is 191 Å². The number of para-hydroxylation sites is 2. The van der Waals surface area contributed by atoms with E-state index < -0.39 is 0 Å². The van der Waals surface area contributed by atoms with E-state index in [1.165, 1.54) is 0 Å². The molecule has 12 aromatic rings. The Bertz CT molecular complexity index is 3530. The summed E-state index contributed by atoms with van der Waals surface area (Å²) >= 11 is 0. The molecule has 8 aromatic carbocycles. The van der Waals surface area contributed by atoms with Crippen molar-refractivity contribution in [2.45, 2.75) is 0 Å². The fourth-order valence-corrected chi connectivity index (χ4v) is 8.52. The first-order chi connectivity index (χ1) is 28.3. The fraction of sp³-hybridized carbons (Fsp3) is 0. The highest BCUT2D eigenvalue weighted by Gasteiger charge is 2.23. The Morgan fingerprint density at radius 1 is 0.368 bits per heavy atom. The molecule has 0 spiro atoms. The molecule has 4 heterocycles. The minimum atomic E-state index is 0.494. The molecule has 0 saturated carbocycles. The Morgan fingerprint density at radius 3 is 1.84 bits per heavy atom. The van der Waals surface area contributed by atoms with Crippen LogP contribution in [0.2, 0.25) is 0 Å². The van der Waals surface area contributed by atoms with Crippen molar-refractivity contribution in [3.8, 4) is 51.0 Å². The van der Waals surface area contributed by atoms with Gasteiger partial charge in [0.25, 0.3) is 0 Å². The van der Waals surface area contributed by atoms with Gasteiger partial charge in [0.05, 0.1) is 5.52 Å². The summed E-state index contributed by atoms with van der Waals surface area (Å²) < 4.78 is 15.4. The van der Waals surface area contributed by atoms with Crippen LogP contribution in [0.5, 0.6) is 0 Å². The number of furan rings is 2. The van der Waals surface area contributed by atoms with Crippen LogP contribution in [-0.4, -0.2) is 19.5 Å². The van der Waals surface area contributed by atoms with Crippen LogP contribution in [0.1, 0.15) is 0 Å². The van der Waals surface area contributed by atoms with Crippen LogP contribution in [0.4, 0.5) is 0 Å². The van der Waals surface area contributed by atoms with Gasteiger partial charge in [-0.25, -0.2) is 4.98 Å². The quantitative estimate of drug-likeness (QED) is 0.176. The predicted octanol–water partition coefficient (Wildman–Crippen LogP) is 13.4. The Kier molecular flexibility index (Phi) is 6.83. The van der Waals surface area contributed by atoms with Crippen molar-refractivity contribution in [1.82, 2.24) is 19.5 Å². The van der Waals surface area contributed by atoms with E-state index in [9.17, 15) is 0 Å². The molecular weight excluding hydrogens is 701 g/mol. The smallest absolute Gasteiger partial charge is 0.238 e. The topological polar surface area (TPSA) is 69.9 Å². The summed E-state index contributed by atoms with van der Waals surface area (Å²) in [5.41, 5.74) is 11.2. The number of fused-ring (bicyclic) bond motifs is 10. The molecule has 266 valence electrons. The third-order valence-electron chi connectivity index (χ3n) is 11.1. The Balaban J connectivity index is 1.15. The van der Waals surface area contributed by atoms with Gasteiger partial charge in [0.2, 0.25) is 5.95 Å². The van der Waals surface area contributed by atoms with Gasteiger partial charge < -0.3 is 8.83 Å². The van der Waals surface area contributed by atoms with E-state index in [0.29, 0.717) is 17.6 Å². The fourth-order valence-electron chi connectivity index (χ4n) is 8.52. The number of aromatic nitrogens is 4. The van der Waals surface area contributed by atoms with Gasteiger partial charge in [0.15, 0.2) is 17.2 Å². The van der Waals surface area contributed by atoms with Gasteiger partial charge in [-0.1, -0.05) is 146 Å². The van der Waals surface area contributed by atoms with Crippen molar-refractivity contribution >= 4 is 65.7 Å². The molecule has 0 fully saturated rings. The van der Waals surface area contributed by atoms with Gasteiger partial charge in [-0.3, -0.25) is 4.57 Å². The molecule has 57 heavy (non-hydrogen) atoms. The van der Waals surface area contributed by atoms with Crippen molar-refractivity contribution in [3.05, 3.63) is 182 Å². The molecule has 0 N–H and O–H groups in total. The maximum atomic E-state index is 6.68. The second-order valence-corrected chi connectivity index (χ2v) is 14.3. The zero-order valence-electron chi connectivity index (χ0n) is 30.4. The van der Waals surface area contributed by atoms with Crippen LogP contribution in [-0.2, 0) is 0 Å². The first kappa shape index (κ1) is 31.5. The van der Waals surface area contributed by atoms with Crippen molar-refractivity contribution in [2.75, 3.05) is 0 Å². The van der Waals surface area contributed by atoms with E-state index in [-0.39, 0.29) is 0 Å². The van der Waals surface area contributed by atoms with Crippen LogP contribution in [0.3, 0.4) is 0 Å². The number of hydrogen-bond donors (Lipinski definition) is 0. The summed E-state index contributed by atoms with van der Waals surface area (Å²) in [6.07, 6.45) is 0. The van der Waals surface area contributed by atoms with Crippen LogP contribution < -0.4 is 0 Å². The van der Waals surface area contributed by atoms with Gasteiger partial charge in [0, 0.05) is 43.4 Å². The number of benzene rings is 8. The van der Waals surface area contributed by atoms with Crippen molar-refractivity contribution in [3.63, 3.8) is 0 Å². The van der Waals surface area contributed by atoms with E-state index in [1.54, 1.807) is 0 Å². The van der Waals surface area contributed by atoms with Crippen LogP contribution >= 0.6 is 0 Å². The van der Waals surface area contributed by atoms with E-state index in [0.717, 1.165) is 99.1 Å². The second kappa shape index (κ2) is 12.3. The second-order valence-electron chi connectivity index (χ2n) is 14.3. The van der Waals surface area contributed by atoms with Gasteiger partial charge in [0.1, 0.15) is 22.3 Å². The molecule has 6 nitrogen and oxygen atoms in total. The highest BCUT2D eigenvalue weighted by molar-refractivity contribution is 6.21. The highest BCUT2D eigenvalue weighted by Crippen LogP contribution is 2.42. The van der Waals surface area contributed by atoms with E-state index in [1.807, 2.05) is 48.5 Å². The van der Waals surface area contributed by atoms with Gasteiger partial charge in [-0.15, -0.1) is 0 Å². The summed E-state index contributed by atoms with van der Waals surface area (Å²) in [6, 6.07) is 62.5. The Hall–Kier alpha value is -7.83. The molecule has 0 aliphatic rings. The standard InChI is InChI=1S/C51H30N4O2/c1-3-14-31(15-4-1)34-18-7-8-21-40(34)50-52-49(33-26-27-41-45(30-33)56-44-25-13-22-35(46(41)44)32-16-5-2-6-17-32)53-51(54-50)55-42-23-11-9-19-36(42)38-28-29-39-37-20-10-12-24-43(37)57-48(39)47(38)55/h1-30H. The molecular formula is C51H30N4O2. The van der Waals surface area contributed by atoms with Gasteiger partial charge in [-0.2, -0.15) is 9.97 Å². The zero-order valence-corrected chi connectivity index (χ0v) is 30.4. The lowest BCUT2D eigenvalue weighted by Crippen LogP contribution is -2.07. The molecule has 0 aliphatic heterocycles. The van der Waals surface area contributed by atoms with Crippen molar-refractivity contribution in [2.24, 2.45) is 0 Å². The Morgan fingerprint density at radius 2 is 1.00 bits per heavy atom. The molecule has 6 heteroatoms. The summed E-state index contributed by atoms with van der Waals surface area (Å²) in [6.45, 7) is 0. The number of nitrogens with zero attached hydrogens (tertiary/aromatic N) is 4. The van der Waals surface area contributed by atoms with E-state index in [2.05, 4.69) is 138 Å². The lowest BCUT2D eigenvalue weighted by molar-refractivity contribution is 0.669. The monoisotopic (exact) mass is 730 g/mol. The SMILES string of the molecule is c1ccc(-c2ccccc2-c2nc(-c3ccc4c(c3)oc3cccc(-c5ccccc5)c34)nc(-n3c4ccccc4c4ccc5c6ccccc6oc5c43)n2)cc1. The first-order valence-corrected chi connectivity index (χ1v) is 19.0. The molecule has 0 unspecified atom stereocenters. The van der Waals surface area contributed by atoms with Crippen LogP contribution in [0.25, 0.3) is 117 Å². The molecule has 12 rings (SSSR count). The summed E-state index contributed by atoms with van der Waals surface area (Å²) in [5.74, 6) is 1.59. The predicted molar refractivity (Wildman–Crippen MR) is 230 cm³/mol. The minimum absolute atomic E-state index is 0.494. The largest absolute Gasteiger partial charge is 0.456 e. The van der Waals surface area contributed by atoms with Crippen molar-refractivity contribution < 1.29 is 8.83 Å². The van der Waals surface area contributed by atoms with Gasteiger partial charge in [-0.05, 0) is 58.7 Å². The molecule has 0 saturated heterocycles. The normalized spacial score (nSPS) is 11.9.